The third kappa shape index (κ3) is 6.23. The molecule has 1 aromatic heterocycles. The highest BCUT2D eigenvalue weighted by Gasteiger charge is 2.36. The molecule has 1 fully saturated rings. The maximum atomic E-state index is 12.9. The molecule has 1 aliphatic rings. The lowest BCUT2D eigenvalue weighted by atomic mass is 10.1. The van der Waals surface area contributed by atoms with Gasteiger partial charge in [0.25, 0.3) is 11.1 Å². The molecule has 0 bridgehead atoms. The van der Waals surface area contributed by atoms with Crippen LogP contribution in [0.15, 0.2) is 63.9 Å². The number of thioether (sulfide) groups is 1. The second kappa shape index (κ2) is 12.0. The van der Waals surface area contributed by atoms with Crippen LogP contribution in [-0.2, 0) is 14.3 Å². The van der Waals surface area contributed by atoms with E-state index in [0.717, 1.165) is 46.2 Å². The van der Waals surface area contributed by atoms with Crippen molar-refractivity contribution in [1.29, 1.82) is 0 Å². The molecule has 8 nitrogen and oxygen atoms in total. The molecule has 3 amide bonds. The fourth-order valence-electron chi connectivity index (χ4n) is 3.85. The Bertz CT molecular complexity index is 1390. The van der Waals surface area contributed by atoms with Crippen molar-refractivity contribution in [2.24, 2.45) is 0 Å². The van der Waals surface area contributed by atoms with Crippen LogP contribution in [0.2, 0.25) is 0 Å². The molecule has 0 unspecified atom stereocenters. The summed E-state index contributed by atoms with van der Waals surface area (Å²) in [6, 6.07) is 15.9. The molecular weight excluding hydrogens is 504 g/mol. The number of hydrogen-bond acceptors (Lipinski definition) is 7. The highest BCUT2D eigenvalue weighted by Crippen LogP contribution is 2.33. The molecule has 0 saturated carbocycles. The van der Waals surface area contributed by atoms with E-state index in [1.165, 1.54) is 6.08 Å². The normalized spacial score (nSPS) is 14.3. The van der Waals surface area contributed by atoms with Gasteiger partial charge in [0, 0.05) is 17.3 Å². The summed E-state index contributed by atoms with van der Waals surface area (Å²) in [6.45, 7) is 5.78. The average Bonchev–Trinajstić information content (AvgIpc) is 3.47. The summed E-state index contributed by atoms with van der Waals surface area (Å²) in [4.78, 5) is 51.1. The van der Waals surface area contributed by atoms with E-state index >= 15 is 0 Å². The number of para-hydroxylation sites is 1. The van der Waals surface area contributed by atoms with Gasteiger partial charge in [-0.1, -0.05) is 43.7 Å². The van der Waals surface area contributed by atoms with Gasteiger partial charge in [0.05, 0.1) is 17.1 Å². The summed E-state index contributed by atoms with van der Waals surface area (Å²) in [5.41, 5.74) is 3.65. The van der Waals surface area contributed by atoms with Crippen molar-refractivity contribution >= 4 is 46.5 Å². The number of nitrogens with zero attached hydrogens (tertiary/aromatic N) is 1. The number of furan rings is 1. The number of ether oxygens (including phenoxy) is 1. The lowest BCUT2D eigenvalue weighted by molar-refractivity contribution is -0.127. The molecule has 0 spiro atoms. The summed E-state index contributed by atoms with van der Waals surface area (Å²) in [5.74, 6) is -0.462. The van der Waals surface area contributed by atoms with E-state index < -0.39 is 17.1 Å². The molecule has 0 radical (unpaired) electrons. The summed E-state index contributed by atoms with van der Waals surface area (Å²) in [5, 5.41) is 2.27. The van der Waals surface area contributed by atoms with Crippen molar-refractivity contribution in [3.63, 3.8) is 0 Å². The van der Waals surface area contributed by atoms with Crippen LogP contribution >= 0.6 is 11.8 Å². The van der Waals surface area contributed by atoms with Crippen LogP contribution < -0.4 is 5.32 Å². The lowest BCUT2D eigenvalue weighted by Gasteiger charge is -2.15. The van der Waals surface area contributed by atoms with Crippen LogP contribution in [0.25, 0.3) is 17.4 Å². The molecule has 1 saturated heterocycles. The molecule has 1 aliphatic heterocycles. The standard InChI is InChI=1S/C29H28N2O6S/c1-4-5-15-36-28(34)21-11-9-20(10-12-21)23-14-13-22(37-23)16-24-27(33)31(29(35)38-24)17-25(32)30-26-18(2)7-6-8-19(26)3/h6-14,16H,4-5,15,17H2,1-3H3,(H,30,32)/b24-16+. The van der Waals surface area contributed by atoms with Crippen LogP contribution in [0.5, 0.6) is 0 Å². The van der Waals surface area contributed by atoms with E-state index in [0.29, 0.717) is 29.4 Å². The predicted molar refractivity (Wildman–Crippen MR) is 147 cm³/mol. The van der Waals surface area contributed by atoms with Gasteiger partial charge in [-0.25, -0.2) is 4.79 Å². The van der Waals surface area contributed by atoms with Crippen LogP contribution in [-0.4, -0.2) is 41.1 Å². The Morgan fingerprint density at radius 2 is 1.74 bits per heavy atom. The van der Waals surface area contributed by atoms with Crippen LogP contribution in [0.3, 0.4) is 0 Å². The molecule has 4 rings (SSSR count). The van der Waals surface area contributed by atoms with E-state index in [-0.39, 0.29) is 17.4 Å². The van der Waals surface area contributed by atoms with Crippen LogP contribution in [0, 0.1) is 13.8 Å². The maximum absolute atomic E-state index is 12.9. The topological polar surface area (TPSA) is 106 Å². The molecular formula is C29H28N2O6S. The monoisotopic (exact) mass is 532 g/mol. The zero-order valence-electron chi connectivity index (χ0n) is 21.4. The third-order valence-corrected chi connectivity index (χ3v) is 6.86. The van der Waals surface area contributed by atoms with Crippen LogP contribution in [0.1, 0.15) is 47.0 Å². The first-order valence-electron chi connectivity index (χ1n) is 12.3. The Labute approximate surface area is 225 Å². The number of esters is 1. The van der Waals surface area contributed by atoms with Crippen molar-refractivity contribution in [3.8, 4) is 11.3 Å². The fourth-order valence-corrected chi connectivity index (χ4v) is 4.67. The summed E-state index contributed by atoms with van der Waals surface area (Å²) in [7, 11) is 0. The molecule has 0 aliphatic carbocycles. The van der Waals surface area contributed by atoms with Crippen molar-refractivity contribution in [2.45, 2.75) is 33.6 Å². The van der Waals surface area contributed by atoms with E-state index in [9.17, 15) is 19.2 Å². The number of benzene rings is 2. The van der Waals surface area contributed by atoms with Crippen LogP contribution in [0.4, 0.5) is 10.5 Å². The average molecular weight is 533 g/mol. The molecule has 38 heavy (non-hydrogen) atoms. The van der Waals surface area contributed by atoms with Gasteiger partial charge in [-0.15, -0.1) is 0 Å². The molecule has 1 N–H and O–H groups in total. The number of nitrogens with one attached hydrogen (secondary N) is 1. The number of carbonyl (C=O) groups excluding carboxylic acids is 4. The number of hydrogen-bond donors (Lipinski definition) is 1. The smallest absolute Gasteiger partial charge is 0.338 e. The molecule has 2 heterocycles. The molecule has 0 atom stereocenters. The Balaban J connectivity index is 1.40. The van der Waals surface area contributed by atoms with Crippen molar-refractivity contribution < 1.29 is 28.3 Å². The quantitative estimate of drug-likeness (QED) is 0.199. The predicted octanol–water partition coefficient (Wildman–Crippen LogP) is 6.20. The van der Waals surface area contributed by atoms with Gasteiger partial charge in [0.2, 0.25) is 5.91 Å². The minimum Gasteiger partial charge on any atom is -0.462 e. The zero-order valence-corrected chi connectivity index (χ0v) is 22.2. The lowest BCUT2D eigenvalue weighted by Crippen LogP contribution is -2.36. The Morgan fingerprint density at radius 1 is 1.03 bits per heavy atom. The minimum absolute atomic E-state index is 0.168. The number of unbranched alkanes of at least 4 members (excludes halogenated alkanes) is 1. The van der Waals surface area contributed by atoms with E-state index in [1.54, 1.807) is 36.4 Å². The second-order valence-electron chi connectivity index (χ2n) is 8.85. The summed E-state index contributed by atoms with van der Waals surface area (Å²) in [6.07, 6.45) is 3.25. The van der Waals surface area contributed by atoms with Gasteiger partial charge in [-0.05, 0) is 67.4 Å². The third-order valence-electron chi connectivity index (χ3n) is 5.96. The Morgan fingerprint density at radius 3 is 2.42 bits per heavy atom. The maximum Gasteiger partial charge on any atom is 0.338 e. The van der Waals surface area contributed by atoms with E-state index in [2.05, 4.69) is 5.32 Å². The largest absolute Gasteiger partial charge is 0.462 e. The van der Waals surface area contributed by atoms with E-state index in [4.69, 9.17) is 9.15 Å². The van der Waals surface area contributed by atoms with Gasteiger partial charge < -0.3 is 14.5 Å². The first kappa shape index (κ1) is 26.9. The SMILES string of the molecule is CCCCOC(=O)c1ccc(-c2ccc(/C=C3/SC(=O)N(CC(=O)Nc4c(C)cccc4C)C3=O)o2)cc1. The fraction of sp³-hybridized carbons (Fsp3) is 0.241. The first-order valence-corrected chi connectivity index (χ1v) is 13.1. The van der Waals surface area contributed by atoms with Crippen molar-refractivity contribution in [2.75, 3.05) is 18.5 Å². The molecule has 9 heteroatoms. The molecule has 3 aromatic rings. The number of rotatable bonds is 9. The molecule has 2 aromatic carbocycles. The number of anilines is 1. The minimum atomic E-state index is -0.555. The van der Waals surface area contributed by atoms with Crippen molar-refractivity contribution in [1.82, 2.24) is 4.90 Å². The Kier molecular flexibility index (Phi) is 8.48. The second-order valence-corrected chi connectivity index (χ2v) is 9.84. The number of aryl methyl sites for hydroxylation is 2. The van der Waals surface area contributed by atoms with Gasteiger partial charge in [0.1, 0.15) is 18.1 Å². The number of amides is 3. The Hall–Kier alpha value is -4.11. The van der Waals surface area contributed by atoms with E-state index in [1.807, 2.05) is 39.0 Å². The summed E-state index contributed by atoms with van der Waals surface area (Å²) < 4.78 is 11.1. The van der Waals surface area contributed by atoms with Gasteiger partial charge >= 0.3 is 5.97 Å². The zero-order chi connectivity index (χ0) is 27.2. The number of carbonyl (C=O) groups is 4. The highest BCUT2D eigenvalue weighted by molar-refractivity contribution is 8.18. The summed E-state index contributed by atoms with van der Waals surface area (Å²) >= 11 is 0.757. The van der Waals surface area contributed by atoms with Gasteiger partial charge in [0.15, 0.2) is 0 Å². The highest BCUT2D eigenvalue weighted by atomic mass is 32.2. The molecule has 196 valence electrons. The van der Waals surface area contributed by atoms with Crippen molar-refractivity contribution in [3.05, 3.63) is 82.0 Å². The van der Waals surface area contributed by atoms with Gasteiger partial charge in [-0.2, -0.15) is 0 Å². The van der Waals surface area contributed by atoms with Gasteiger partial charge in [-0.3, -0.25) is 19.3 Å². The number of imide groups is 1. The first-order chi connectivity index (χ1) is 18.3.